The highest BCUT2D eigenvalue weighted by molar-refractivity contribution is 5.78. The van der Waals surface area contributed by atoms with E-state index in [4.69, 9.17) is 0 Å². The van der Waals surface area contributed by atoms with Crippen molar-refractivity contribution < 1.29 is 9.90 Å². The maximum atomic E-state index is 11.7. The Balaban J connectivity index is 2.23. The van der Waals surface area contributed by atoms with Crippen LogP contribution in [0.1, 0.15) is 38.3 Å². The van der Waals surface area contributed by atoms with Gasteiger partial charge in [-0.3, -0.25) is 9.69 Å². The summed E-state index contributed by atoms with van der Waals surface area (Å²) in [4.78, 5) is 13.7. The maximum Gasteiger partial charge on any atom is 0.323 e. The summed E-state index contributed by atoms with van der Waals surface area (Å²) < 4.78 is 0. The molecule has 1 aliphatic rings. The molecule has 0 aliphatic carbocycles. The normalized spacial score (nSPS) is 18.7. The Labute approximate surface area is 108 Å². The van der Waals surface area contributed by atoms with E-state index in [0.717, 1.165) is 13.1 Å². The fraction of sp³-hybridized carbons (Fsp3) is 0.533. The Hall–Kier alpha value is -1.35. The van der Waals surface area contributed by atoms with Crippen LogP contribution in [0.15, 0.2) is 24.3 Å². The van der Waals surface area contributed by atoms with E-state index in [0.29, 0.717) is 12.3 Å². The first-order valence-corrected chi connectivity index (χ1v) is 6.48. The molecular weight excluding hydrogens is 226 g/mol. The number of aliphatic carboxylic acids is 1. The van der Waals surface area contributed by atoms with E-state index in [2.05, 4.69) is 30.9 Å². The van der Waals surface area contributed by atoms with E-state index in [9.17, 15) is 9.90 Å². The predicted octanol–water partition coefficient (Wildman–Crippen LogP) is 2.89. The minimum atomic E-state index is -0.771. The summed E-state index contributed by atoms with van der Waals surface area (Å²) >= 11 is 0. The summed E-state index contributed by atoms with van der Waals surface area (Å²) in [6.07, 6.45) is 0.677. The number of rotatable bonds is 4. The van der Waals surface area contributed by atoms with E-state index in [1.165, 1.54) is 11.1 Å². The molecule has 1 heterocycles. The molecule has 0 saturated heterocycles. The van der Waals surface area contributed by atoms with Crippen molar-refractivity contribution in [2.45, 2.75) is 45.8 Å². The van der Waals surface area contributed by atoms with E-state index < -0.39 is 11.5 Å². The minimum absolute atomic E-state index is 0.370. The number of benzene rings is 1. The number of hydrogen-bond donors (Lipinski definition) is 1. The molecule has 3 nitrogen and oxygen atoms in total. The van der Waals surface area contributed by atoms with Gasteiger partial charge in [-0.2, -0.15) is 0 Å². The zero-order valence-corrected chi connectivity index (χ0v) is 11.3. The maximum absolute atomic E-state index is 11.7. The minimum Gasteiger partial charge on any atom is -0.480 e. The quantitative estimate of drug-likeness (QED) is 0.889. The second kappa shape index (κ2) is 4.73. The van der Waals surface area contributed by atoms with Crippen LogP contribution in [-0.2, 0) is 17.9 Å². The summed E-state index contributed by atoms with van der Waals surface area (Å²) in [5, 5.41) is 9.58. The van der Waals surface area contributed by atoms with E-state index in [1.807, 2.05) is 19.1 Å². The lowest BCUT2D eigenvalue weighted by Gasteiger charge is -2.36. The van der Waals surface area contributed by atoms with Crippen molar-refractivity contribution in [2.24, 2.45) is 5.92 Å². The molecule has 98 valence electrons. The number of fused-ring (bicyclic) bond motifs is 1. The summed E-state index contributed by atoms with van der Waals surface area (Å²) in [6.45, 7) is 7.48. The molecule has 0 spiro atoms. The number of nitrogens with zero attached hydrogens (tertiary/aromatic N) is 1. The van der Waals surface area contributed by atoms with Crippen molar-refractivity contribution in [3.8, 4) is 0 Å². The standard InChI is InChI=1S/C15H21NO2/c1-11(2)8-15(3,14(17)18)16-9-12-6-4-5-7-13(12)10-16/h4-7,11H,8-10H2,1-3H3,(H,17,18). The van der Waals surface area contributed by atoms with Crippen LogP contribution in [0.25, 0.3) is 0 Å². The molecule has 1 aliphatic heterocycles. The van der Waals surface area contributed by atoms with Gasteiger partial charge in [0.05, 0.1) is 0 Å². The zero-order chi connectivity index (χ0) is 13.3. The molecule has 0 fully saturated rings. The smallest absolute Gasteiger partial charge is 0.323 e. The van der Waals surface area contributed by atoms with Gasteiger partial charge < -0.3 is 5.11 Å². The number of hydrogen-bond acceptors (Lipinski definition) is 2. The summed E-state index contributed by atoms with van der Waals surface area (Å²) in [7, 11) is 0. The predicted molar refractivity (Wildman–Crippen MR) is 71.2 cm³/mol. The van der Waals surface area contributed by atoms with Crippen LogP contribution in [0.5, 0.6) is 0 Å². The van der Waals surface area contributed by atoms with Crippen LogP contribution in [-0.4, -0.2) is 21.5 Å². The molecule has 1 atom stereocenters. The van der Waals surface area contributed by atoms with Crippen molar-refractivity contribution in [3.05, 3.63) is 35.4 Å². The molecule has 1 N–H and O–H groups in total. The Bertz CT molecular complexity index is 431. The third kappa shape index (κ3) is 2.27. The zero-order valence-electron chi connectivity index (χ0n) is 11.3. The molecule has 2 rings (SSSR count). The molecule has 1 aromatic rings. The van der Waals surface area contributed by atoms with E-state index >= 15 is 0 Å². The van der Waals surface area contributed by atoms with Crippen molar-refractivity contribution in [1.82, 2.24) is 4.90 Å². The van der Waals surface area contributed by atoms with Gasteiger partial charge in [-0.25, -0.2) is 0 Å². The van der Waals surface area contributed by atoms with Gasteiger partial charge in [0.1, 0.15) is 5.54 Å². The summed E-state index contributed by atoms with van der Waals surface area (Å²) in [5.74, 6) is -0.348. The highest BCUT2D eigenvalue weighted by Crippen LogP contribution is 2.33. The first-order chi connectivity index (χ1) is 8.43. The lowest BCUT2D eigenvalue weighted by molar-refractivity contribution is -0.152. The fourth-order valence-corrected chi connectivity index (χ4v) is 2.83. The van der Waals surface area contributed by atoms with Crippen LogP contribution in [0.3, 0.4) is 0 Å². The highest BCUT2D eigenvalue weighted by atomic mass is 16.4. The molecule has 18 heavy (non-hydrogen) atoms. The van der Waals surface area contributed by atoms with Gasteiger partial charge in [-0.15, -0.1) is 0 Å². The molecule has 0 amide bonds. The monoisotopic (exact) mass is 247 g/mol. The van der Waals surface area contributed by atoms with Crippen molar-refractivity contribution >= 4 is 5.97 Å². The second-order valence-corrected chi connectivity index (χ2v) is 5.80. The average Bonchev–Trinajstić information content (AvgIpc) is 2.71. The highest BCUT2D eigenvalue weighted by Gasteiger charge is 2.42. The van der Waals surface area contributed by atoms with Gasteiger partial charge in [0.15, 0.2) is 0 Å². The Kier molecular flexibility index (Phi) is 3.44. The third-order valence-electron chi connectivity index (χ3n) is 3.81. The van der Waals surface area contributed by atoms with Gasteiger partial charge in [-0.05, 0) is 30.4 Å². The van der Waals surface area contributed by atoms with E-state index in [-0.39, 0.29) is 0 Å². The molecule has 0 bridgehead atoms. The SMILES string of the molecule is CC(C)CC(C)(C(=O)O)N1Cc2ccccc2C1. The van der Waals surface area contributed by atoms with Crippen LogP contribution in [0.4, 0.5) is 0 Å². The summed E-state index contributed by atoms with van der Waals surface area (Å²) in [5.41, 5.74) is 1.75. The lowest BCUT2D eigenvalue weighted by Crippen LogP contribution is -2.50. The van der Waals surface area contributed by atoms with Crippen LogP contribution in [0.2, 0.25) is 0 Å². The van der Waals surface area contributed by atoms with E-state index in [1.54, 1.807) is 0 Å². The topological polar surface area (TPSA) is 40.5 Å². The van der Waals surface area contributed by atoms with Gasteiger partial charge in [0.25, 0.3) is 0 Å². The van der Waals surface area contributed by atoms with Gasteiger partial charge in [0, 0.05) is 13.1 Å². The molecule has 0 radical (unpaired) electrons. The lowest BCUT2D eigenvalue weighted by atomic mass is 9.89. The average molecular weight is 247 g/mol. The van der Waals surface area contributed by atoms with Crippen LogP contribution < -0.4 is 0 Å². The van der Waals surface area contributed by atoms with Crippen LogP contribution >= 0.6 is 0 Å². The molecule has 0 saturated carbocycles. The molecule has 1 unspecified atom stereocenters. The molecule has 1 aromatic carbocycles. The Morgan fingerprint density at radius 1 is 1.33 bits per heavy atom. The second-order valence-electron chi connectivity index (χ2n) is 5.80. The van der Waals surface area contributed by atoms with Crippen molar-refractivity contribution in [3.63, 3.8) is 0 Å². The van der Waals surface area contributed by atoms with Gasteiger partial charge >= 0.3 is 5.97 Å². The largest absolute Gasteiger partial charge is 0.480 e. The van der Waals surface area contributed by atoms with Gasteiger partial charge in [-0.1, -0.05) is 38.1 Å². The van der Waals surface area contributed by atoms with Crippen molar-refractivity contribution in [2.75, 3.05) is 0 Å². The number of carboxylic acids is 1. The Morgan fingerprint density at radius 3 is 2.22 bits per heavy atom. The molecular formula is C15H21NO2. The Morgan fingerprint density at radius 2 is 1.83 bits per heavy atom. The first kappa shape index (κ1) is 13.1. The molecule has 3 heteroatoms. The number of carbonyl (C=O) groups is 1. The van der Waals surface area contributed by atoms with Gasteiger partial charge in [0.2, 0.25) is 0 Å². The van der Waals surface area contributed by atoms with Crippen LogP contribution in [0, 0.1) is 5.92 Å². The summed E-state index contributed by atoms with van der Waals surface area (Å²) in [6, 6.07) is 8.21. The first-order valence-electron chi connectivity index (χ1n) is 6.48. The fourth-order valence-electron chi connectivity index (χ4n) is 2.83. The van der Waals surface area contributed by atoms with Crippen molar-refractivity contribution in [1.29, 1.82) is 0 Å². The number of carboxylic acid groups (broad SMARTS) is 1. The molecule has 0 aromatic heterocycles. The third-order valence-corrected chi connectivity index (χ3v) is 3.81.